The molecule has 2 N–H and O–H groups in total. The van der Waals surface area contributed by atoms with Gasteiger partial charge >= 0.3 is 0 Å². The summed E-state index contributed by atoms with van der Waals surface area (Å²) in [6, 6.07) is 0. The zero-order chi connectivity index (χ0) is 8.44. The molecule has 1 aromatic heterocycles. The maximum absolute atomic E-state index is 6.06. The summed E-state index contributed by atoms with van der Waals surface area (Å²) in [7, 11) is 0. The Hall–Kier alpha value is -0.650. The Labute approximate surface area is 82.0 Å². The molecule has 6 heteroatoms. The van der Waals surface area contributed by atoms with Crippen LogP contribution in [0.15, 0.2) is 10.9 Å². The Morgan fingerprint density at radius 2 is 2.08 bits per heavy atom. The first-order valence-electron chi connectivity index (χ1n) is 3.95. The molecule has 0 aliphatic carbocycles. The third kappa shape index (κ3) is 1.99. The van der Waals surface area contributed by atoms with Gasteiger partial charge in [0, 0.05) is 13.2 Å². The molecule has 0 radical (unpaired) electrons. The summed E-state index contributed by atoms with van der Waals surface area (Å²) in [5.74, 6) is 0.589. The molecule has 0 amide bonds. The van der Waals surface area contributed by atoms with Gasteiger partial charge in [-0.3, -0.25) is 0 Å². The standard InChI is InChI=1S/C7H11N3O2.ClH/c8-7(1-3-11-4-2-7)6-9-5-12-10-6;/h5H,1-4,8H2;1H. The molecule has 1 aliphatic rings. The fraction of sp³-hybridized carbons (Fsp3) is 0.714. The number of aromatic nitrogens is 2. The summed E-state index contributed by atoms with van der Waals surface area (Å²) in [4.78, 5) is 3.95. The molecular weight excluding hydrogens is 194 g/mol. The van der Waals surface area contributed by atoms with E-state index in [9.17, 15) is 0 Å². The maximum Gasteiger partial charge on any atom is 0.213 e. The van der Waals surface area contributed by atoms with Crippen LogP contribution in [0.1, 0.15) is 18.7 Å². The Morgan fingerprint density at radius 1 is 1.38 bits per heavy atom. The Morgan fingerprint density at radius 3 is 2.62 bits per heavy atom. The van der Waals surface area contributed by atoms with Crippen LogP contribution >= 0.6 is 12.4 Å². The molecule has 74 valence electrons. The second-order valence-corrected chi connectivity index (χ2v) is 3.02. The van der Waals surface area contributed by atoms with E-state index in [-0.39, 0.29) is 12.4 Å². The fourth-order valence-corrected chi connectivity index (χ4v) is 1.35. The number of ether oxygens (including phenoxy) is 1. The first kappa shape index (κ1) is 10.4. The fourth-order valence-electron chi connectivity index (χ4n) is 1.35. The van der Waals surface area contributed by atoms with E-state index in [0.717, 1.165) is 12.8 Å². The van der Waals surface area contributed by atoms with E-state index in [1.807, 2.05) is 0 Å². The van der Waals surface area contributed by atoms with Crippen molar-refractivity contribution in [1.82, 2.24) is 10.1 Å². The SMILES string of the molecule is Cl.NC1(c2ncon2)CCOCC1. The maximum atomic E-state index is 6.06. The second-order valence-electron chi connectivity index (χ2n) is 3.02. The zero-order valence-electron chi connectivity index (χ0n) is 7.10. The number of hydrogen-bond acceptors (Lipinski definition) is 5. The summed E-state index contributed by atoms with van der Waals surface area (Å²) in [5.41, 5.74) is 5.62. The highest BCUT2D eigenvalue weighted by atomic mass is 35.5. The van der Waals surface area contributed by atoms with Crippen molar-refractivity contribution in [2.24, 2.45) is 5.73 Å². The predicted octanol–water partition coefficient (Wildman–Crippen LogP) is 0.456. The minimum atomic E-state index is -0.439. The van der Waals surface area contributed by atoms with Gasteiger partial charge in [0.2, 0.25) is 6.39 Å². The molecule has 1 aromatic rings. The van der Waals surface area contributed by atoms with Crippen LogP contribution in [-0.4, -0.2) is 23.4 Å². The summed E-state index contributed by atoms with van der Waals surface area (Å²) in [6.07, 6.45) is 2.82. The monoisotopic (exact) mass is 205 g/mol. The van der Waals surface area contributed by atoms with Crippen LogP contribution in [0.25, 0.3) is 0 Å². The molecule has 0 spiro atoms. The van der Waals surface area contributed by atoms with E-state index >= 15 is 0 Å². The number of nitrogens with two attached hydrogens (primary N) is 1. The first-order valence-corrected chi connectivity index (χ1v) is 3.95. The highest BCUT2D eigenvalue weighted by Gasteiger charge is 2.33. The van der Waals surface area contributed by atoms with E-state index in [2.05, 4.69) is 14.7 Å². The van der Waals surface area contributed by atoms with E-state index in [4.69, 9.17) is 10.5 Å². The number of nitrogens with zero attached hydrogens (tertiary/aromatic N) is 2. The number of rotatable bonds is 1. The molecular formula is C7H12ClN3O2. The van der Waals surface area contributed by atoms with Crippen molar-refractivity contribution in [3.63, 3.8) is 0 Å². The van der Waals surface area contributed by atoms with Crippen LogP contribution in [0.4, 0.5) is 0 Å². The molecule has 13 heavy (non-hydrogen) atoms. The van der Waals surface area contributed by atoms with Gasteiger partial charge in [-0.05, 0) is 12.8 Å². The Balaban J connectivity index is 0.000000845. The van der Waals surface area contributed by atoms with Crippen LogP contribution in [0.5, 0.6) is 0 Å². The third-order valence-corrected chi connectivity index (χ3v) is 2.19. The zero-order valence-corrected chi connectivity index (χ0v) is 7.92. The molecule has 0 aromatic carbocycles. The summed E-state index contributed by atoms with van der Waals surface area (Å²) in [6.45, 7) is 1.34. The topological polar surface area (TPSA) is 74.2 Å². The highest BCUT2D eigenvalue weighted by Crippen LogP contribution is 2.25. The quantitative estimate of drug-likeness (QED) is 0.721. The van der Waals surface area contributed by atoms with Gasteiger partial charge in [0.15, 0.2) is 5.82 Å². The van der Waals surface area contributed by atoms with E-state index in [1.165, 1.54) is 6.39 Å². The van der Waals surface area contributed by atoms with Crippen molar-refractivity contribution in [2.75, 3.05) is 13.2 Å². The van der Waals surface area contributed by atoms with Crippen molar-refractivity contribution >= 4 is 12.4 Å². The van der Waals surface area contributed by atoms with Crippen molar-refractivity contribution in [2.45, 2.75) is 18.4 Å². The first-order chi connectivity index (χ1) is 5.81. The molecule has 1 aliphatic heterocycles. The lowest BCUT2D eigenvalue weighted by atomic mass is 9.91. The Kier molecular flexibility index (Phi) is 3.24. The van der Waals surface area contributed by atoms with Crippen molar-refractivity contribution in [1.29, 1.82) is 0 Å². The van der Waals surface area contributed by atoms with E-state index < -0.39 is 5.54 Å². The molecule has 0 saturated carbocycles. The second kappa shape index (κ2) is 4.04. The largest absolute Gasteiger partial charge is 0.381 e. The van der Waals surface area contributed by atoms with Crippen LogP contribution < -0.4 is 5.73 Å². The van der Waals surface area contributed by atoms with Crippen LogP contribution in [0.2, 0.25) is 0 Å². The molecule has 2 heterocycles. The summed E-state index contributed by atoms with van der Waals surface area (Å²) >= 11 is 0. The van der Waals surface area contributed by atoms with Gasteiger partial charge in [-0.2, -0.15) is 4.98 Å². The van der Waals surface area contributed by atoms with Gasteiger partial charge in [-0.1, -0.05) is 5.16 Å². The van der Waals surface area contributed by atoms with Gasteiger partial charge < -0.3 is 15.0 Å². The van der Waals surface area contributed by atoms with E-state index in [1.54, 1.807) is 0 Å². The molecule has 0 unspecified atom stereocenters. The summed E-state index contributed by atoms with van der Waals surface area (Å²) < 4.78 is 9.85. The molecule has 0 bridgehead atoms. The van der Waals surface area contributed by atoms with Gasteiger partial charge in [0.25, 0.3) is 0 Å². The average molecular weight is 206 g/mol. The molecule has 1 saturated heterocycles. The van der Waals surface area contributed by atoms with Crippen LogP contribution in [-0.2, 0) is 10.3 Å². The minimum absolute atomic E-state index is 0. The third-order valence-electron chi connectivity index (χ3n) is 2.19. The minimum Gasteiger partial charge on any atom is -0.381 e. The molecule has 1 fully saturated rings. The lowest BCUT2D eigenvalue weighted by Crippen LogP contribution is -2.43. The lowest BCUT2D eigenvalue weighted by Gasteiger charge is -2.29. The lowest BCUT2D eigenvalue weighted by molar-refractivity contribution is 0.0484. The Bertz CT molecular complexity index is 246. The molecule has 0 atom stereocenters. The smallest absolute Gasteiger partial charge is 0.213 e. The normalized spacial score (nSPS) is 20.7. The van der Waals surface area contributed by atoms with Gasteiger partial charge in [0.05, 0.1) is 5.54 Å². The average Bonchev–Trinajstić information content (AvgIpc) is 2.58. The van der Waals surface area contributed by atoms with Crippen molar-refractivity contribution in [3.05, 3.63) is 12.2 Å². The van der Waals surface area contributed by atoms with Crippen molar-refractivity contribution < 1.29 is 9.26 Å². The van der Waals surface area contributed by atoms with Gasteiger partial charge in [0.1, 0.15) is 0 Å². The number of hydrogen-bond donors (Lipinski definition) is 1. The molecule has 2 rings (SSSR count). The predicted molar refractivity (Wildman–Crippen MR) is 47.5 cm³/mol. The number of halogens is 1. The van der Waals surface area contributed by atoms with E-state index in [0.29, 0.717) is 19.0 Å². The summed E-state index contributed by atoms with van der Waals surface area (Å²) in [5, 5.41) is 3.74. The van der Waals surface area contributed by atoms with Gasteiger partial charge in [-0.15, -0.1) is 12.4 Å². The highest BCUT2D eigenvalue weighted by molar-refractivity contribution is 5.85. The van der Waals surface area contributed by atoms with Gasteiger partial charge in [-0.25, -0.2) is 0 Å². The van der Waals surface area contributed by atoms with Crippen molar-refractivity contribution in [3.8, 4) is 0 Å². The molecule has 5 nitrogen and oxygen atoms in total. The van der Waals surface area contributed by atoms with Crippen LogP contribution in [0.3, 0.4) is 0 Å². The van der Waals surface area contributed by atoms with Crippen LogP contribution in [0, 0.1) is 0 Å².